The molecule has 9 nitrogen and oxygen atoms in total. The van der Waals surface area contributed by atoms with Gasteiger partial charge in [-0.25, -0.2) is 0 Å². The Morgan fingerprint density at radius 3 is 2.71 bits per heavy atom. The zero-order valence-electron chi connectivity index (χ0n) is 19.4. The Kier molecular flexibility index (Phi) is 6.95. The fourth-order valence-corrected chi connectivity index (χ4v) is 4.01. The minimum Gasteiger partial charge on any atom is -0.345 e. The number of nitrogens with zero attached hydrogens (tertiary/aromatic N) is 4. The predicted molar refractivity (Wildman–Crippen MR) is 133 cm³/mol. The van der Waals surface area contributed by atoms with Crippen LogP contribution < -0.4 is 16.3 Å². The number of aromatic nitrogens is 4. The smallest absolute Gasteiger partial charge is 0.270 e. The van der Waals surface area contributed by atoms with Gasteiger partial charge in [-0.1, -0.05) is 36.4 Å². The molecule has 4 heterocycles. The van der Waals surface area contributed by atoms with Gasteiger partial charge in [0.15, 0.2) is 5.65 Å². The second-order valence-corrected chi connectivity index (χ2v) is 8.53. The lowest BCUT2D eigenvalue weighted by molar-refractivity contribution is -0.118. The second-order valence-electron chi connectivity index (χ2n) is 8.53. The molecule has 1 amide bonds. The van der Waals surface area contributed by atoms with Crippen LogP contribution in [0.5, 0.6) is 0 Å². The van der Waals surface area contributed by atoms with E-state index in [-0.39, 0.29) is 5.91 Å². The largest absolute Gasteiger partial charge is 0.345 e. The zero-order valence-corrected chi connectivity index (χ0v) is 19.4. The van der Waals surface area contributed by atoms with Gasteiger partial charge < -0.3 is 10.3 Å². The molecule has 4 aromatic rings. The lowest BCUT2D eigenvalue weighted by Crippen LogP contribution is -2.39. The summed E-state index contributed by atoms with van der Waals surface area (Å²) in [5, 5.41) is 14.6. The molecule has 0 saturated carbocycles. The molecule has 0 atom stereocenters. The van der Waals surface area contributed by atoms with Crippen LogP contribution in [0.15, 0.2) is 78.8 Å². The van der Waals surface area contributed by atoms with Gasteiger partial charge in [-0.2, -0.15) is 5.10 Å². The fourth-order valence-electron chi connectivity index (χ4n) is 4.01. The van der Waals surface area contributed by atoms with Crippen molar-refractivity contribution in [2.24, 2.45) is 0 Å². The summed E-state index contributed by atoms with van der Waals surface area (Å²) >= 11 is 0. The molecule has 4 N–H and O–H groups in total. The van der Waals surface area contributed by atoms with Gasteiger partial charge in [0.25, 0.3) is 5.91 Å². The van der Waals surface area contributed by atoms with Crippen LogP contribution in [-0.4, -0.2) is 37.6 Å². The first kappa shape index (κ1) is 22.5. The number of benzene rings is 1. The van der Waals surface area contributed by atoms with Crippen LogP contribution in [0.4, 0.5) is 0 Å². The summed E-state index contributed by atoms with van der Waals surface area (Å²) in [5.74, 6) is -0.174. The number of hydrogen-bond acceptors (Lipinski definition) is 7. The standard InChI is InChI=1S/C26H28N8O/c35-26(28-17-22-11-4-6-12-27-22)24-18-34(33-31-24)13-7-5-10-21-15-20-16-23(29-25(20)32-30-21)14-19-8-2-1-3-9-19/h1-4,6,8-9,11-12,15-16,18,31,33H,5,7,10,13-14,17H2,(H,28,35)(H,29,32). The van der Waals surface area contributed by atoms with Gasteiger partial charge in [-0.15, -0.1) is 10.6 Å². The highest BCUT2D eigenvalue weighted by Crippen LogP contribution is 2.17. The third-order valence-corrected chi connectivity index (χ3v) is 5.82. The van der Waals surface area contributed by atoms with Crippen LogP contribution in [0.1, 0.15) is 35.5 Å². The maximum Gasteiger partial charge on any atom is 0.270 e. The maximum absolute atomic E-state index is 12.3. The molecule has 0 saturated heterocycles. The third kappa shape index (κ3) is 6.01. The van der Waals surface area contributed by atoms with Crippen molar-refractivity contribution in [3.05, 3.63) is 101 Å². The Morgan fingerprint density at radius 2 is 1.86 bits per heavy atom. The molecule has 1 aromatic carbocycles. The van der Waals surface area contributed by atoms with E-state index in [1.165, 1.54) is 5.56 Å². The second kappa shape index (κ2) is 10.8. The third-order valence-electron chi connectivity index (χ3n) is 5.82. The van der Waals surface area contributed by atoms with Gasteiger partial charge in [0.2, 0.25) is 0 Å². The number of carbonyl (C=O) groups excluding carboxylic acids is 1. The number of unbranched alkanes of at least 4 members (excludes halogenated alkanes) is 1. The molecule has 0 spiro atoms. The zero-order chi connectivity index (χ0) is 23.9. The minimum absolute atomic E-state index is 0.174. The van der Waals surface area contributed by atoms with Crippen molar-refractivity contribution in [2.45, 2.75) is 32.2 Å². The molecule has 3 aromatic heterocycles. The number of aromatic amines is 1. The van der Waals surface area contributed by atoms with E-state index in [0.29, 0.717) is 12.2 Å². The number of aryl methyl sites for hydroxylation is 1. The van der Waals surface area contributed by atoms with Crippen molar-refractivity contribution < 1.29 is 4.79 Å². The molecule has 5 rings (SSSR count). The van der Waals surface area contributed by atoms with Crippen molar-refractivity contribution in [3.8, 4) is 0 Å². The number of nitrogens with one attached hydrogen (secondary N) is 4. The molecule has 0 radical (unpaired) electrons. The number of H-pyrrole nitrogens is 1. The van der Waals surface area contributed by atoms with Gasteiger partial charge in [0.1, 0.15) is 5.70 Å². The SMILES string of the molecule is O=C(NCc1ccccn1)C1=CN(CCCCc2cc3cc(Cc4ccccc4)[nH]c3nn2)NN1. The quantitative estimate of drug-likeness (QED) is 0.265. The molecule has 9 heteroatoms. The molecule has 0 fully saturated rings. The van der Waals surface area contributed by atoms with Gasteiger partial charge in [-0.05, 0) is 49.1 Å². The number of rotatable bonds is 10. The molecule has 0 aliphatic carbocycles. The summed E-state index contributed by atoms with van der Waals surface area (Å²) in [4.78, 5) is 19.9. The Labute approximate surface area is 203 Å². The normalized spacial score (nSPS) is 13.0. The fraction of sp³-hybridized carbons (Fsp3) is 0.231. The first-order chi connectivity index (χ1) is 17.2. The van der Waals surface area contributed by atoms with E-state index in [1.807, 2.05) is 29.3 Å². The average molecular weight is 469 g/mol. The summed E-state index contributed by atoms with van der Waals surface area (Å²) in [7, 11) is 0. The van der Waals surface area contributed by atoms with Gasteiger partial charge in [0.05, 0.1) is 17.9 Å². The van der Waals surface area contributed by atoms with Crippen molar-refractivity contribution in [1.82, 2.24) is 41.5 Å². The topological polar surface area (TPSA) is 111 Å². The van der Waals surface area contributed by atoms with Crippen LogP contribution in [0, 0.1) is 0 Å². The van der Waals surface area contributed by atoms with Gasteiger partial charge in [0, 0.05) is 36.4 Å². The predicted octanol–water partition coefficient (Wildman–Crippen LogP) is 2.75. The van der Waals surface area contributed by atoms with E-state index in [2.05, 4.69) is 72.8 Å². The van der Waals surface area contributed by atoms with Crippen molar-refractivity contribution >= 4 is 16.9 Å². The number of carbonyl (C=O) groups is 1. The summed E-state index contributed by atoms with van der Waals surface area (Å²) in [6.45, 7) is 1.16. The first-order valence-corrected chi connectivity index (χ1v) is 11.8. The highest BCUT2D eigenvalue weighted by molar-refractivity contribution is 5.92. The molecule has 0 bridgehead atoms. The molecule has 0 unspecified atom stereocenters. The number of pyridine rings is 1. The van der Waals surface area contributed by atoms with Crippen molar-refractivity contribution in [2.75, 3.05) is 6.54 Å². The average Bonchev–Trinajstić information content (AvgIpc) is 3.53. The summed E-state index contributed by atoms with van der Waals surface area (Å²) in [6.07, 6.45) is 7.11. The van der Waals surface area contributed by atoms with Crippen LogP contribution >= 0.6 is 0 Å². The number of fused-ring (bicyclic) bond motifs is 1. The minimum atomic E-state index is -0.174. The number of amides is 1. The summed E-state index contributed by atoms with van der Waals surface area (Å²) in [6, 6.07) is 20.3. The first-order valence-electron chi connectivity index (χ1n) is 11.8. The van der Waals surface area contributed by atoms with Crippen LogP contribution in [0.25, 0.3) is 11.0 Å². The van der Waals surface area contributed by atoms with E-state index in [9.17, 15) is 4.79 Å². The monoisotopic (exact) mass is 468 g/mol. The van der Waals surface area contributed by atoms with E-state index in [0.717, 1.165) is 60.3 Å². The summed E-state index contributed by atoms with van der Waals surface area (Å²) < 4.78 is 0. The number of hydrogen-bond donors (Lipinski definition) is 4. The number of hydrazine groups is 2. The highest BCUT2D eigenvalue weighted by Gasteiger charge is 2.17. The Bertz CT molecular complexity index is 1300. The van der Waals surface area contributed by atoms with Gasteiger partial charge in [-0.3, -0.25) is 20.2 Å². The Morgan fingerprint density at radius 1 is 0.971 bits per heavy atom. The van der Waals surface area contributed by atoms with E-state index < -0.39 is 0 Å². The molecule has 35 heavy (non-hydrogen) atoms. The van der Waals surface area contributed by atoms with E-state index in [4.69, 9.17) is 0 Å². The van der Waals surface area contributed by atoms with E-state index in [1.54, 1.807) is 12.4 Å². The summed E-state index contributed by atoms with van der Waals surface area (Å²) in [5.41, 5.74) is 11.4. The lowest BCUT2D eigenvalue weighted by Gasteiger charge is -2.14. The van der Waals surface area contributed by atoms with E-state index >= 15 is 0 Å². The van der Waals surface area contributed by atoms with Crippen molar-refractivity contribution in [1.29, 1.82) is 0 Å². The molecule has 178 valence electrons. The molecular formula is C26H28N8O. The van der Waals surface area contributed by atoms with Crippen LogP contribution in [-0.2, 0) is 24.2 Å². The lowest BCUT2D eigenvalue weighted by atomic mass is 10.1. The Balaban J connectivity index is 1.07. The van der Waals surface area contributed by atoms with Crippen LogP contribution in [0.2, 0.25) is 0 Å². The highest BCUT2D eigenvalue weighted by atomic mass is 16.2. The van der Waals surface area contributed by atoms with Crippen LogP contribution in [0.3, 0.4) is 0 Å². The molecular weight excluding hydrogens is 440 g/mol. The van der Waals surface area contributed by atoms with Crippen molar-refractivity contribution in [3.63, 3.8) is 0 Å². The molecule has 1 aliphatic heterocycles. The maximum atomic E-state index is 12.3. The van der Waals surface area contributed by atoms with Gasteiger partial charge >= 0.3 is 0 Å². The Hall–Kier alpha value is -4.24. The molecule has 1 aliphatic rings.